The smallest absolute Gasteiger partial charge is 0.0153 e. The van der Waals surface area contributed by atoms with Crippen LogP contribution in [0.3, 0.4) is 0 Å². The van der Waals surface area contributed by atoms with Crippen LogP contribution in [-0.2, 0) is 0 Å². The first-order valence-corrected chi connectivity index (χ1v) is 2.72. The Morgan fingerprint density at radius 1 is 1.50 bits per heavy atom. The summed E-state index contributed by atoms with van der Waals surface area (Å²) in [5, 5.41) is 2.95. The van der Waals surface area contributed by atoms with Crippen LogP contribution in [0.5, 0.6) is 0 Å². The third kappa shape index (κ3) is 5.30. The van der Waals surface area contributed by atoms with E-state index in [1.807, 2.05) is 0 Å². The molecule has 3 heteroatoms. The molecule has 0 saturated heterocycles. The van der Waals surface area contributed by atoms with Gasteiger partial charge in [-0.1, -0.05) is 0 Å². The van der Waals surface area contributed by atoms with E-state index in [-0.39, 0.29) is 0 Å². The molecule has 0 radical (unpaired) electrons. The topological polar surface area (TPSA) is 64.1 Å². The summed E-state index contributed by atoms with van der Waals surface area (Å²) in [5.41, 5.74) is 10.3. The summed E-state index contributed by atoms with van der Waals surface area (Å²) in [5.74, 6) is 0. The van der Waals surface area contributed by atoms with Gasteiger partial charge in [-0.3, -0.25) is 0 Å². The highest BCUT2D eigenvalue weighted by Gasteiger charge is 1.75. The predicted octanol–water partition coefficient (Wildman–Crippen LogP) is -0.645. The van der Waals surface area contributed by atoms with E-state index >= 15 is 0 Å². The standard InChI is InChI=1S/C5H13N3/c6-2-1-4-8-5-3-7/h3,5,8H,1-2,4,6-7H2/b5-3-. The van der Waals surface area contributed by atoms with Gasteiger partial charge < -0.3 is 16.8 Å². The lowest BCUT2D eigenvalue weighted by Gasteiger charge is -1.94. The molecule has 0 atom stereocenters. The molecule has 0 aromatic carbocycles. The number of nitrogens with one attached hydrogen (secondary N) is 1. The van der Waals surface area contributed by atoms with Gasteiger partial charge in [0.15, 0.2) is 0 Å². The van der Waals surface area contributed by atoms with Crippen LogP contribution >= 0.6 is 0 Å². The second-order valence-corrected chi connectivity index (χ2v) is 1.46. The molecule has 5 N–H and O–H groups in total. The van der Waals surface area contributed by atoms with Crippen molar-refractivity contribution in [2.75, 3.05) is 13.1 Å². The van der Waals surface area contributed by atoms with E-state index < -0.39 is 0 Å². The van der Waals surface area contributed by atoms with E-state index in [1.54, 1.807) is 6.20 Å². The highest BCUT2D eigenvalue weighted by atomic mass is 14.8. The van der Waals surface area contributed by atoms with Gasteiger partial charge in [0.05, 0.1) is 0 Å². The van der Waals surface area contributed by atoms with Gasteiger partial charge in [-0.25, -0.2) is 0 Å². The summed E-state index contributed by atoms with van der Waals surface area (Å²) in [6, 6.07) is 0. The largest absolute Gasteiger partial charge is 0.403 e. The summed E-state index contributed by atoms with van der Waals surface area (Å²) in [4.78, 5) is 0. The average Bonchev–Trinajstić information content (AvgIpc) is 1.81. The van der Waals surface area contributed by atoms with Crippen molar-refractivity contribution in [2.45, 2.75) is 6.42 Å². The number of nitrogens with two attached hydrogens (primary N) is 2. The van der Waals surface area contributed by atoms with Crippen molar-refractivity contribution in [3.63, 3.8) is 0 Å². The van der Waals surface area contributed by atoms with Crippen LogP contribution < -0.4 is 16.8 Å². The third-order valence-electron chi connectivity index (χ3n) is 0.739. The van der Waals surface area contributed by atoms with Gasteiger partial charge in [0.2, 0.25) is 0 Å². The number of hydrogen-bond acceptors (Lipinski definition) is 3. The van der Waals surface area contributed by atoms with Crippen LogP contribution in [0.1, 0.15) is 6.42 Å². The Balaban J connectivity index is 2.72. The van der Waals surface area contributed by atoms with E-state index in [0.29, 0.717) is 0 Å². The lowest BCUT2D eigenvalue weighted by molar-refractivity contribution is 0.760. The van der Waals surface area contributed by atoms with E-state index in [1.165, 1.54) is 6.20 Å². The first kappa shape index (κ1) is 7.30. The minimum Gasteiger partial charge on any atom is -0.403 e. The van der Waals surface area contributed by atoms with Crippen LogP contribution in [0.4, 0.5) is 0 Å². The molecule has 0 aliphatic heterocycles. The average molecular weight is 115 g/mol. The summed E-state index contributed by atoms with van der Waals surface area (Å²) in [7, 11) is 0. The van der Waals surface area contributed by atoms with E-state index in [9.17, 15) is 0 Å². The fourth-order valence-corrected chi connectivity index (χ4v) is 0.355. The zero-order chi connectivity index (χ0) is 6.24. The van der Waals surface area contributed by atoms with Crippen molar-refractivity contribution in [3.8, 4) is 0 Å². The first-order valence-electron chi connectivity index (χ1n) is 2.72. The van der Waals surface area contributed by atoms with Crippen molar-refractivity contribution in [3.05, 3.63) is 12.4 Å². The molecular formula is C5H13N3. The molecule has 0 fully saturated rings. The molecule has 8 heavy (non-hydrogen) atoms. The number of rotatable bonds is 4. The fourth-order valence-electron chi connectivity index (χ4n) is 0.355. The maximum atomic E-state index is 5.22. The fraction of sp³-hybridized carbons (Fsp3) is 0.600. The van der Waals surface area contributed by atoms with Crippen molar-refractivity contribution >= 4 is 0 Å². The minimum atomic E-state index is 0.728. The van der Waals surface area contributed by atoms with Gasteiger partial charge in [-0.15, -0.1) is 0 Å². The van der Waals surface area contributed by atoms with Gasteiger partial charge in [0, 0.05) is 18.9 Å². The molecule has 0 unspecified atom stereocenters. The zero-order valence-corrected chi connectivity index (χ0v) is 4.93. The van der Waals surface area contributed by atoms with Crippen molar-refractivity contribution in [1.82, 2.24) is 5.32 Å². The zero-order valence-electron chi connectivity index (χ0n) is 4.93. The van der Waals surface area contributed by atoms with E-state index in [0.717, 1.165) is 19.5 Å². The quantitative estimate of drug-likeness (QED) is 0.427. The van der Waals surface area contributed by atoms with Gasteiger partial charge in [-0.05, 0) is 13.0 Å². The molecule has 0 aromatic rings. The van der Waals surface area contributed by atoms with Crippen LogP contribution in [0.2, 0.25) is 0 Å². The Kier molecular flexibility index (Phi) is 5.75. The summed E-state index contributed by atoms with van der Waals surface area (Å²) >= 11 is 0. The lowest BCUT2D eigenvalue weighted by Crippen LogP contribution is -2.12. The maximum Gasteiger partial charge on any atom is 0.0153 e. The third-order valence-corrected chi connectivity index (χ3v) is 0.739. The first-order chi connectivity index (χ1) is 3.91. The highest BCUT2D eigenvalue weighted by molar-refractivity contribution is 4.71. The van der Waals surface area contributed by atoms with Gasteiger partial charge in [-0.2, -0.15) is 0 Å². The van der Waals surface area contributed by atoms with Crippen molar-refractivity contribution in [2.24, 2.45) is 11.5 Å². The number of hydrogen-bond donors (Lipinski definition) is 3. The second-order valence-electron chi connectivity index (χ2n) is 1.46. The summed E-state index contributed by atoms with van der Waals surface area (Å²) < 4.78 is 0. The maximum absolute atomic E-state index is 5.22. The molecule has 0 spiro atoms. The summed E-state index contributed by atoms with van der Waals surface area (Å²) in [6.07, 6.45) is 4.16. The Hall–Kier alpha value is -0.700. The molecule has 3 nitrogen and oxygen atoms in total. The van der Waals surface area contributed by atoms with E-state index in [4.69, 9.17) is 11.5 Å². The predicted molar refractivity (Wildman–Crippen MR) is 35.0 cm³/mol. The lowest BCUT2D eigenvalue weighted by atomic mass is 10.4. The Morgan fingerprint density at radius 3 is 2.75 bits per heavy atom. The molecular weight excluding hydrogens is 102 g/mol. The van der Waals surface area contributed by atoms with Gasteiger partial charge >= 0.3 is 0 Å². The Morgan fingerprint density at radius 2 is 2.25 bits per heavy atom. The van der Waals surface area contributed by atoms with Crippen LogP contribution in [-0.4, -0.2) is 13.1 Å². The highest BCUT2D eigenvalue weighted by Crippen LogP contribution is 1.67. The van der Waals surface area contributed by atoms with Gasteiger partial charge in [0.1, 0.15) is 0 Å². The van der Waals surface area contributed by atoms with Crippen molar-refractivity contribution < 1.29 is 0 Å². The minimum absolute atomic E-state index is 0.728. The molecule has 0 saturated carbocycles. The second kappa shape index (κ2) is 6.30. The monoisotopic (exact) mass is 115 g/mol. The molecule has 0 amide bonds. The molecule has 0 bridgehead atoms. The van der Waals surface area contributed by atoms with Crippen LogP contribution in [0.15, 0.2) is 12.4 Å². The van der Waals surface area contributed by atoms with Crippen LogP contribution in [0.25, 0.3) is 0 Å². The molecule has 48 valence electrons. The molecule has 0 aliphatic rings. The normalized spacial score (nSPS) is 10.1. The molecule has 0 aliphatic carbocycles. The molecule has 0 heterocycles. The SMILES string of the molecule is N/C=C\NCCCN. The molecule has 0 aromatic heterocycles. The Labute approximate surface area is 49.7 Å². The van der Waals surface area contributed by atoms with Crippen LogP contribution in [0, 0.1) is 0 Å². The van der Waals surface area contributed by atoms with Crippen molar-refractivity contribution in [1.29, 1.82) is 0 Å². The Bertz CT molecular complexity index is 60.7. The van der Waals surface area contributed by atoms with Gasteiger partial charge in [0.25, 0.3) is 0 Å². The van der Waals surface area contributed by atoms with E-state index in [2.05, 4.69) is 5.32 Å². The summed E-state index contributed by atoms with van der Waals surface area (Å²) in [6.45, 7) is 1.63. The molecule has 0 rings (SSSR count).